The normalized spacial score (nSPS) is 21.5. The van der Waals surface area contributed by atoms with Crippen LogP contribution < -0.4 is 5.32 Å². The second-order valence-electron chi connectivity index (χ2n) is 8.14. The van der Waals surface area contributed by atoms with E-state index in [1.165, 1.54) is 0 Å². The average molecular weight is 432 g/mol. The molecular weight excluding hydrogens is 409 g/mol. The maximum Gasteiger partial charge on any atom is 0.283 e. The predicted octanol–water partition coefficient (Wildman–Crippen LogP) is 4.73. The van der Waals surface area contributed by atoms with Crippen LogP contribution in [0.4, 0.5) is 24.8 Å². The first kappa shape index (κ1) is 21.2. The van der Waals surface area contributed by atoms with E-state index in [0.29, 0.717) is 17.8 Å². The highest BCUT2D eigenvalue weighted by molar-refractivity contribution is 5.68. The number of halogens is 3. The molecule has 0 aliphatic heterocycles. The molecule has 0 amide bonds. The summed E-state index contributed by atoms with van der Waals surface area (Å²) in [6, 6.07) is 5.31. The van der Waals surface area contributed by atoms with E-state index in [1.807, 2.05) is 19.9 Å². The van der Waals surface area contributed by atoms with Gasteiger partial charge in [0.25, 0.3) is 6.43 Å². The fourth-order valence-electron chi connectivity index (χ4n) is 4.00. The van der Waals surface area contributed by atoms with Gasteiger partial charge in [0.05, 0.1) is 24.0 Å². The summed E-state index contributed by atoms with van der Waals surface area (Å²) in [5.41, 5.74) is 0.997. The number of anilines is 2. The lowest BCUT2D eigenvalue weighted by atomic mass is 9.82. The third kappa shape index (κ3) is 4.53. The fraction of sp³-hybridized carbons (Fsp3) is 0.429. The van der Waals surface area contributed by atoms with Gasteiger partial charge >= 0.3 is 0 Å². The number of nitrogens with one attached hydrogen (secondary N) is 1. The van der Waals surface area contributed by atoms with Crippen molar-refractivity contribution < 1.29 is 18.3 Å². The zero-order valence-corrected chi connectivity index (χ0v) is 17.2. The van der Waals surface area contributed by atoms with Crippen LogP contribution in [-0.4, -0.2) is 35.7 Å². The molecule has 1 fully saturated rings. The Morgan fingerprint density at radius 1 is 1.26 bits per heavy atom. The summed E-state index contributed by atoms with van der Waals surface area (Å²) >= 11 is 0. The molecule has 0 bridgehead atoms. The van der Waals surface area contributed by atoms with Gasteiger partial charge in [-0.3, -0.25) is 0 Å². The van der Waals surface area contributed by atoms with Crippen LogP contribution in [0.3, 0.4) is 0 Å². The van der Waals surface area contributed by atoms with Gasteiger partial charge < -0.3 is 10.4 Å². The first-order chi connectivity index (χ1) is 14.7. The number of hydrogen-bond acceptors (Lipinski definition) is 6. The Morgan fingerprint density at radius 2 is 2.06 bits per heavy atom. The maximum absolute atomic E-state index is 13.5. The minimum Gasteiger partial charge on any atom is -0.388 e. The number of aliphatic hydroxyl groups is 1. The number of alkyl halides is 2. The van der Waals surface area contributed by atoms with E-state index in [9.17, 15) is 18.3 Å². The van der Waals surface area contributed by atoms with Gasteiger partial charge in [0.1, 0.15) is 11.4 Å². The molecule has 2 atom stereocenters. The van der Waals surface area contributed by atoms with Crippen LogP contribution in [0.25, 0.3) is 11.3 Å². The highest BCUT2D eigenvalue weighted by atomic mass is 19.3. The zero-order valence-electron chi connectivity index (χ0n) is 17.2. The Kier molecular flexibility index (Phi) is 5.65. The molecule has 1 aromatic carbocycles. The number of aromatic nitrogens is 5. The largest absolute Gasteiger partial charge is 0.388 e. The molecule has 1 aliphatic rings. The lowest BCUT2D eigenvalue weighted by Gasteiger charge is -2.36. The quantitative estimate of drug-likeness (QED) is 0.606. The van der Waals surface area contributed by atoms with Crippen molar-refractivity contribution in [1.82, 2.24) is 25.0 Å². The topological polar surface area (TPSA) is 88.8 Å². The Hall–Kier alpha value is -3.01. The average Bonchev–Trinajstić information content (AvgIpc) is 3.18. The van der Waals surface area contributed by atoms with E-state index in [1.54, 1.807) is 23.0 Å². The van der Waals surface area contributed by atoms with Gasteiger partial charge in [-0.2, -0.15) is 0 Å². The predicted molar refractivity (Wildman–Crippen MR) is 109 cm³/mol. The molecule has 164 valence electrons. The molecule has 10 heteroatoms. The molecule has 3 aromatic rings. The number of benzene rings is 1. The molecule has 0 radical (unpaired) electrons. The summed E-state index contributed by atoms with van der Waals surface area (Å²) in [7, 11) is 0. The SMILES string of the molecule is Cc1cc(Nc2ncc(F)c(C(F)F)n2)cc(-c2cn(C3CCCCC3(C)O)nn2)c1. The van der Waals surface area contributed by atoms with Crippen molar-refractivity contribution in [3.05, 3.63) is 47.7 Å². The molecule has 4 rings (SSSR count). The van der Waals surface area contributed by atoms with Gasteiger partial charge in [-0.25, -0.2) is 27.8 Å². The van der Waals surface area contributed by atoms with Crippen LogP contribution in [0.15, 0.2) is 30.6 Å². The Labute approximate surface area is 177 Å². The second kappa shape index (κ2) is 8.26. The van der Waals surface area contributed by atoms with Crippen molar-refractivity contribution in [2.24, 2.45) is 0 Å². The lowest BCUT2D eigenvalue weighted by molar-refractivity contribution is -0.0298. The van der Waals surface area contributed by atoms with Crippen molar-refractivity contribution in [3.63, 3.8) is 0 Å². The van der Waals surface area contributed by atoms with Crippen LogP contribution >= 0.6 is 0 Å². The molecule has 31 heavy (non-hydrogen) atoms. The van der Waals surface area contributed by atoms with Crippen molar-refractivity contribution >= 4 is 11.6 Å². The summed E-state index contributed by atoms with van der Waals surface area (Å²) in [6.07, 6.45) is 3.02. The van der Waals surface area contributed by atoms with E-state index in [4.69, 9.17) is 0 Å². The van der Waals surface area contributed by atoms with Crippen molar-refractivity contribution in [3.8, 4) is 11.3 Å². The zero-order chi connectivity index (χ0) is 22.2. The molecule has 7 nitrogen and oxygen atoms in total. The second-order valence-corrected chi connectivity index (χ2v) is 8.14. The van der Waals surface area contributed by atoms with Crippen molar-refractivity contribution in [2.45, 2.75) is 57.6 Å². The van der Waals surface area contributed by atoms with E-state index >= 15 is 0 Å². The molecular formula is C21H23F3N6O. The minimum absolute atomic E-state index is 0.129. The summed E-state index contributed by atoms with van der Waals surface area (Å²) in [5, 5.41) is 22.0. The monoisotopic (exact) mass is 432 g/mol. The Balaban J connectivity index is 1.61. The van der Waals surface area contributed by atoms with Gasteiger partial charge in [-0.05, 0) is 50.5 Å². The van der Waals surface area contributed by atoms with Gasteiger partial charge in [-0.15, -0.1) is 5.10 Å². The van der Waals surface area contributed by atoms with E-state index in [-0.39, 0.29) is 12.0 Å². The number of hydrogen-bond donors (Lipinski definition) is 2. The summed E-state index contributed by atoms with van der Waals surface area (Å²) < 4.78 is 41.0. The van der Waals surface area contributed by atoms with Crippen LogP contribution in [0.2, 0.25) is 0 Å². The first-order valence-electron chi connectivity index (χ1n) is 10.1. The Bertz CT molecular complexity index is 1080. The first-order valence-corrected chi connectivity index (χ1v) is 10.1. The highest BCUT2D eigenvalue weighted by Gasteiger charge is 2.36. The minimum atomic E-state index is -3.04. The van der Waals surface area contributed by atoms with Crippen LogP contribution in [0, 0.1) is 12.7 Å². The van der Waals surface area contributed by atoms with Crippen LogP contribution in [-0.2, 0) is 0 Å². The van der Waals surface area contributed by atoms with Crippen molar-refractivity contribution in [2.75, 3.05) is 5.32 Å². The fourth-order valence-corrected chi connectivity index (χ4v) is 4.00. The third-order valence-corrected chi connectivity index (χ3v) is 5.57. The number of nitrogens with zero attached hydrogens (tertiary/aromatic N) is 5. The third-order valence-electron chi connectivity index (χ3n) is 5.57. The van der Waals surface area contributed by atoms with Crippen molar-refractivity contribution in [1.29, 1.82) is 0 Å². The molecule has 2 unspecified atom stereocenters. The molecule has 2 aromatic heterocycles. The smallest absolute Gasteiger partial charge is 0.283 e. The summed E-state index contributed by atoms with van der Waals surface area (Å²) in [4.78, 5) is 7.31. The molecule has 1 aliphatic carbocycles. The summed E-state index contributed by atoms with van der Waals surface area (Å²) in [5.74, 6) is -1.28. The summed E-state index contributed by atoms with van der Waals surface area (Å²) in [6.45, 7) is 3.70. The highest BCUT2D eigenvalue weighted by Crippen LogP contribution is 2.37. The number of aryl methyl sites for hydroxylation is 1. The molecule has 1 saturated carbocycles. The Morgan fingerprint density at radius 3 is 2.81 bits per heavy atom. The number of rotatable bonds is 5. The maximum atomic E-state index is 13.5. The molecule has 0 saturated heterocycles. The standard InChI is InChI=1S/C21H23F3N6O/c1-12-7-13(16-11-30(29-28-16)17-5-3-4-6-21(17,2)31)9-14(8-12)26-20-25-10-15(22)18(27-20)19(23)24/h7-11,17,19,31H,3-6H2,1-2H3,(H,25,26,27). The molecule has 0 spiro atoms. The van der Waals surface area contributed by atoms with Gasteiger partial charge in [0, 0.05) is 11.3 Å². The molecule has 2 heterocycles. The van der Waals surface area contributed by atoms with Crippen LogP contribution in [0.5, 0.6) is 0 Å². The molecule has 2 N–H and O–H groups in total. The van der Waals surface area contributed by atoms with Gasteiger partial charge in [0.2, 0.25) is 5.95 Å². The van der Waals surface area contributed by atoms with E-state index in [0.717, 1.165) is 36.6 Å². The van der Waals surface area contributed by atoms with Gasteiger partial charge in [-0.1, -0.05) is 18.1 Å². The lowest BCUT2D eigenvalue weighted by Crippen LogP contribution is -2.39. The van der Waals surface area contributed by atoms with Gasteiger partial charge in [0.15, 0.2) is 5.82 Å². The van der Waals surface area contributed by atoms with E-state index < -0.39 is 23.5 Å². The van der Waals surface area contributed by atoms with E-state index in [2.05, 4.69) is 25.6 Å². The van der Waals surface area contributed by atoms with Crippen LogP contribution in [0.1, 0.15) is 56.3 Å².